The molecule has 0 radical (unpaired) electrons. The number of hydrogen-bond acceptors (Lipinski definition) is 4. The lowest BCUT2D eigenvalue weighted by atomic mass is 10.0. The average molecular weight is 298 g/mol. The number of fused-ring (bicyclic) bond motifs is 3. The second-order valence-electron chi connectivity index (χ2n) is 6.24. The van der Waals surface area contributed by atoms with Crippen LogP contribution in [0.15, 0.2) is 23.0 Å². The number of piperazine rings is 1. The highest BCUT2D eigenvalue weighted by atomic mass is 16.1. The summed E-state index contributed by atoms with van der Waals surface area (Å²) in [4.78, 5) is 17.8. The summed E-state index contributed by atoms with van der Waals surface area (Å²) in [6.45, 7) is 6.18. The molecule has 116 valence electrons. The van der Waals surface area contributed by atoms with Gasteiger partial charge in [-0.15, -0.1) is 0 Å². The van der Waals surface area contributed by atoms with Crippen molar-refractivity contribution in [1.29, 1.82) is 0 Å². The van der Waals surface area contributed by atoms with Gasteiger partial charge < -0.3 is 15.6 Å². The van der Waals surface area contributed by atoms with Gasteiger partial charge in [-0.05, 0) is 24.5 Å². The Morgan fingerprint density at radius 2 is 2.00 bits per heavy atom. The van der Waals surface area contributed by atoms with Gasteiger partial charge in [-0.3, -0.25) is 9.69 Å². The van der Waals surface area contributed by atoms with Crippen LogP contribution in [-0.2, 0) is 13.0 Å². The SMILES string of the molecule is O=c1[nH]c2cc(CN3CCNCC3)ccc2c2c1CCCN2. The molecule has 1 aromatic carbocycles. The van der Waals surface area contributed by atoms with E-state index in [4.69, 9.17) is 0 Å². The van der Waals surface area contributed by atoms with Gasteiger partial charge >= 0.3 is 0 Å². The molecule has 0 spiro atoms. The Morgan fingerprint density at radius 3 is 2.86 bits per heavy atom. The van der Waals surface area contributed by atoms with Crippen molar-refractivity contribution in [2.24, 2.45) is 0 Å². The highest BCUT2D eigenvalue weighted by molar-refractivity contribution is 5.93. The third-order valence-corrected chi connectivity index (χ3v) is 4.70. The predicted molar refractivity (Wildman–Crippen MR) is 89.5 cm³/mol. The molecule has 0 bridgehead atoms. The van der Waals surface area contributed by atoms with Crippen LogP contribution in [0.25, 0.3) is 10.9 Å². The first-order valence-corrected chi connectivity index (χ1v) is 8.16. The summed E-state index contributed by atoms with van der Waals surface area (Å²) in [5, 5.41) is 7.92. The number of benzene rings is 1. The second-order valence-corrected chi connectivity index (χ2v) is 6.24. The molecule has 1 fully saturated rings. The number of aromatic nitrogens is 1. The topological polar surface area (TPSA) is 60.2 Å². The molecule has 5 heteroatoms. The fourth-order valence-electron chi connectivity index (χ4n) is 3.53. The third-order valence-electron chi connectivity index (χ3n) is 4.70. The zero-order valence-corrected chi connectivity index (χ0v) is 12.7. The second kappa shape index (κ2) is 5.74. The minimum atomic E-state index is 0.0639. The van der Waals surface area contributed by atoms with Gasteiger partial charge in [0.1, 0.15) is 0 Å². The van der Waals surface area contributed by atoms with E-state index < -0.39 is 0 Å². The maximum absolute atomic E-state index is 12.3. The summed E-state index contributed by atoms with van der Waals surface area (Å²) < 4.78 is 0. The molecule has 22 heavy (non-hydrogen) atoms. The third kappa shape index (κ3) is 2.51. The fraction of sp³-hybridized carbons (Fsp3) is 0.471. The van der Waals surface area contributed by atoms with Gasteiger partial charge in [0.15, 0.2) is 0 Å². The first-order valence-electron chi connectivity index (χ1n) is 8.16. The average Bonchev–Trinajstić information content (AvgIpc) is 2.56. The van der Waals surface area contributed by atoms with Crippen LogP contribution in [0.2, 0.25) is 0 Å². The first kappa shape index (κ1) is 13.8. The van der Waals surface area contributed by atoms with Crippen molar-refractivity contribution in [2.75, 3.05) is 38.0 Å². The zero-order chi connectivity index (χ0) is 14.9. The van der Waals surface area contributed by atoms with Gasteiger partial charge in [-0.25, -0.2) is 0 Å². The minimum absolute atomic E-state index is 0.0639. The van der Waals surface area contributed by atoms with Crippen molar-refractivity contribution in [3.05, 3.63) is 39.7 Å². The van der Waals surface area contributed by atoms with Crippen LogP contribution in [0, 0.1) is 0 Å². The van der Waals surface area contributed by atoms with Crippen molar-refractivity contribution in [1.82, 2.24) is 15.2 Å². The van der Waals surface area contributed by atoms with Crippen LogP contribution in [0.1, 0.15) is 17.5 Å². The van der Waals surface area contributed by atoms with E-state index in [-0.39, 0.29) is 5.56 Å². The Kier molecular flexibility index (Phi) is 3.60. The van der Waals surface area contributed by atoms with Gasteiger partial charge in [0, 0.05) is 50.2 Å². The van der Waals surface area contributed by atoms with Crippen molar-refractivity contribution in [2.45, 2.75) is 19.4 Å². The number of hydrogen-bond donors (Lipinski definition) is 3. The number of pyridine rings is 1. The standard InChI is InChI=1S/C17H22N4O/c22-17-14-2-1-5-19-16(14)13-4-3-12(10-15(13)20-17)11-21-8-6-18-7-9-21/h3-4,10,18-19H,1-2,5-9,11H2,(H,20,22). The van der Waals surface area contributed by atoms with E-state index in [2.05, 4.69) is 38.7 Å². The number of nitrogens with zero attached hydrogens (tertiary/aromatic N) is 1. The number of H-pyrrole nitrogens is 1. The van der Waals surface area contributed by atoms with E-state index in [1.54, 1.807) is 0 Å². The van der Waals surface area contributed by atoms with Crippen molar-refractivity contribution < 1.29 is 0 Å². The summed E-state index contributed by atoms with van der Waals surface area (Å²) in [6, 6.07) is 6.48. The normalized spacial score (nSPS) is 18.9. The Bertz CT molecular complexity index is 746. The van der Waals surface area contributed by atoms with Gasteiger partial charge in [-0.1, -0.05) is 12.1 Å². The Labute approximate surface area is 129 Å². The number of rotatable bonds is 2. The summed E-state index contributed by atoms with van der Waals surface area (Å²) in [5.41, 5.74) is 4.23. The molecule has 3 heterocycles. The maximum Gasteiger partial charge on any atom is 0.253 e. The van der Waals surface area contributed by atoms with E-state index in [0.717, 1.165) is 74.3 Å². The lowest BCUT2D eigenvalue weighted by molar-refractivity contribution is 0.233. The Morgan fingerprint density at radius 1 is 1.14 bits per heavy atom. The molecule has 0 saturated carbocycles. The molecule has 0 unspecified atom stereocenters. The molecule has 5 nitrogen and oxygen atoms in total. The van der Waals surface area contributed by atoms with Crippen molar-refractivity contribution in [3.8, 4) is 0 Å². The lowest BCUT2D eigenvalue weighted by Crippen LogP contribution is -2.42. The highest BCUT2D eigenvalue weighted by Crippen LogP contribution is 2.28. The molecule has 0 atom stereocenters. The monoisotopic (exact) mass is 298 g/mol. The smallest absolute Gasteiger partial charge is 0.253 e. The van der Waals surface area contributed by atoms with Crippen molar-refractivity contribution in [3.63, 3.8) is 0 Å². The molecular weight excluding hydrogens is 276 g/mol. The van der Waals surface area contributed by atoms with Crippen LogP contribution in [0.4, 0.5) is 5.69 Å². The number of anilines is 1. The van der Waals surface area contributed by atoms with E-state index in [0.29, 0.717) is 0 Å². The predicted octanol–water partition coefficient (Wildman–Crippen LogP) is 1.29. The maximum atomic E-state index is 12.3. The van der Waals surface area contributed by atoms with Crippen LogP contribution < -0.4 is 16.2 Å². The van der Waals surface area contributed by atoms with Crippen LogP contribution in [0.3, 0.4) is 0 Å². The van der Waals surface area contributed by atoms with E-state index >= 15 is 0 Å². The Balaban J connectivity index is 1.70. The fourth-order valence-corrected chi connectivity index (χ4v) is 3.53. The lowest BCUT2D eigenvalue weighted by Gasteiger charge is -2.27. The molecular formula is C17H22N4O. The van der Waals surface area contributed by atoms with E-state index in [1.165, 1.54) is 5.56 Å². The molecule has 3 N–H and O–H groups in total. The van der Waals surface area contributed by atoms with Gasteiger partial charge in [0.25, 0.3) is 5.56 Å². The van der Waals surface area contributed by atoms with Gasteiger partial charge in [0.2, 0.25) is 0 Å². The summed E-state index contributed by atoms with van der Waals surface area (Å²) in [5.74, 6) is 0. The molecule has 0 aliphatic carbocycles. The van der Waals surface area contributed by atoms with Crippen LogP contribution in [0.5, 0.6) is 0 Å². The van der Waals surface area contributed by atoms with Gasteiger partial charge in [-0.2, -0.15) is 0 Å². The molecule has 1 aromatic heterocycles. The summed E-state index contributed by atoms with van der Waals surface area (Å²) in [6.07, 6.45) is 1.90. The number of aromatic amines is 1. The van der Waals surface area contributed by atoms with Crippen molar-refractivity contribution >= 4 is 16.6 Å². The summed E-state index contributed by atoms with van der Waals surface area (Å²) >= 11 is 0. The molecule has 1 saturated heterocycles. The molecule has 2 aromatic rings. The molecule has 4 rings (SSSR count). The molecule has 0 amide bonds. The zero-order valence-electron chi connectivity index (χ0n) is 12.7. The Hall–Kier alpha value is -1.85. The minimum Gasteiger partial charge on any atom is -0.384 e. The van der Waals surface area contributed by atoms with Gasteiger partial charge in [0.05, 0.1) is 11.2 Å². The first-order chi connectivity index (χ1) is 10.8. The largest absolute Gasteiger partial charge is 0.384 e. The highest BCUT2D eigenvalue weighted by Gasteiger charge is 2.16. The quantitative estimate of drug-likeness (QED) is 0.782. The van der Waals surface area contributed by atoms with Crippen LogP contribution >= 0.6 is 0 Å². The molecule has 2 aliphatic heterocycles. The molecule has 2 aliphatic rings. The van der Waals surface area contributed by atoms with E-state index in [9.17, 15) is 4.79 Å². The summed E-state index contributed by atoms with van der Waals surface area (Å²) in [7, 11) is 0. The van der Waals surface area contributed by atoms with Crippen LogP contribution in [-0.4, -0.2) is 42.6 Å². The van der Waals surface area contributed by atoms with E-state index in [1.807, 2.05) is 0 Å². The number of nitrogens with one attached hydrogen (secondary N) is 3.